The van der Waals surface area contributed by atoms with Gasteiger partial charge in [0, 0.05) is 30.5 Å². The quantitative estimate of drug-likeness (QED) is 0.493. The topological polar surface area (TPSA) is 61.4 Å². The number of anilines is 2. The summed E-state index contributed by atoms with van der Waals surface area (Å²) in [5, 5.41) is 6.56. The number of aryl methyl sites for hydroxylation is 1. The van der Waals surface area contributed by atoms with Gasteiger partial charge in [-0.25, -0.2) is 4.79 Å². The van der Waals surface area contributed by atoms with Crippen LogP contribution in [0.2, 0.25) is 10.0 Å². The monoisotopic (exact) mass is 441 g/mol. The molecule has 0 heterocycles. The van der Waals surface area contributed by atoms with E-state index in [0.29, 0.717) is 33.5 Å². The summed E-state index contributed by atoms with van der Waals surface area (Å²) in [4.78, 5) is 26.7. The van der Waals surface area contributed by atoms with E-state index in [0.717, 1.165) is 11.1 Å². The summed E-state index contributed by atoms with van der Waals surface area (Å²) in [5.41, 5.74) is 3.29. The Bertz CT molecular complexity index is 1070. The van der Waals surface area contributed by atoms with Crippen molar-refractivity contribution < 1.29 is 9.59 Å². The van der Waals surface area contributed by atoms with Crippen LogP contribution in [0.1, 0.15) is 21.5 Å². The number of hydrogen-bond donors (Lipinski definition) is 2. The minimum atomic E-state index is -0.324. The van der Waals surface area contributed by atoms with E-state index in [1.165, 1.54) is 4.90 Å². The maximum Gasteiger partial charge on any atom is 0.321 e. The van der Waals surface area contributed by atoms with E-state index in [1.54, 1.807) is 37.4 Å². The molecule has 2 N–H and O–H groups in total. The normalized spacial score (nSPS) is 10.4. The number of nitrogens with zero attached hydrogens (tertiary/aromatic N) is 1. The largest absolute Gasteiger partial charge is 0.323 e. The number of hydrogen-bond acceptors (Lipinski definition) is 2. The second-order valence-corrected chi connectivity index (χ2v) is 7.63. The first kappa shape index (κ1) is 21.7. The number of rotatable bonds is 5. The van der Waals surface area contributed by atoms with Crippen LogP contribution in [0.4, 0.5) is 16.2 Å². The lowest BCUT2D eigenvalue weighted by molar-refractivity contribution is 0.102. The summed E-state index contributed by atoms with van der Waals surface area (Å²) < 4.78 is 0. The molecule has 7 heteroatoms. The highest BCUT2D eigenvalue weighted by molar-refractivity contribution is 6.42. The van der Waals surface area contributed by atoms with Gasteiger partial charge in [-0.15, -0.1) is 0 Å². The van der Waals surface area contributed by atoms with Crippen molar-refractivity contribution in [2.75, 3.05) is 17.7 Å². The van der Waals surface area contributed by atoms with Crippen LogP contribution in [0.5, 0.6) is 0 Å². The predicted molar refractivity (Wildman–Crippen MR) is 123 cm³/mol. The number of carbonyl (C=O) groups excluding carboxylic acids is 2. The molecule has 0 saturated carbocycles. The van der Waals surface area contributed by atoms with E-state index in [4.69, 9.17) is 23.2 Å². The third-order valence-electron chi connectivity index (χ3n) is 4.56. The number of benzene rings is 3. The summed E-state index contributed by atoms with van der Waals surface area (Å²) >= 11 is 12.3. The zero-order chi connectivity index (χ0) is 21.7. The number of halogens is 2. The second kappa shape index (κ2) is 9.65. The Morgan fingerprint density at radius 2 is 1.67 bits per heavy atom. The van der Waals surface area contributed by atoms with Gasteiger partial charge < -0.3 is 15.5 Å². The van der Waals surface area contributed by atoms with Gasteiger partial charge in [0.1, 0.15) is 0 Å². The van der Waals surface area contributed by atoms with Crippen molar-refractivity contribution in [3.05, 3.63) is 93.5 Å². The van der Waals surface area contributed by atoms with Crippen molar-refractivity contribution in [3.8, 4) is 0 Å². The van der Waals surface area contributed by atoms with Crippen LogP contribution in [0, 0.1) is 6.92 Å². The van der Waals surface area contributed by atoms with Gasteiger partial charge in [0.05, 0.1) is 10.0 Å². The first-order valence-electron chi connectivity index (χ1n) is 9.27. The van der Waals surface area contributed by atoms with E-state index < -0.39 is 0 Å². The highest BCUT2D eigenvalue weighted by Crippen LogP contribution is 2.26. The van der Waals surface area contributed by atoms with Crippen molar-refractivity contribution in [1.82, 2.24) is 4.90 Å². The average Bonchev–Trinajstić information content (AvgIpc) is 2.73. The van der Waals surface area contributed by atoms with Gasteiger partial charge in [0.25, 0.3) is 5.91 Å². The average molecular weight is 442 g/mol. The molecule has 0 saturated heterocycles. The van der Waals surface area contributed by atoms with Crippen LogP contribution in [-0.4, -0.2) is 23.9 Å². The molecule has 0 atom stereocenters. The number of urea groups is 1. The standard InChI is InChI=1S/C23H21Cl2N3O2/c1-15-11-12-16(22(29)26-18-8-4-3-5-9-18)13-20(15)27-23(30)28(2)14-17-7-6-10-19(24)21(17)25/h3-13H,14H2,1-2H3,(H,26,29)(H,27,30). The highest BCUT2D eigenvalue weighted by Gasteiger charge is 2.15. The van der Waals surface area contributed by atoms with Gasteiger partial charge in [-0.3, -0.25) is 4.79 Å². The number of amides is 3. The van der Waals surface area contributed by atoms with E-state index in [2.05, 4.69) is 10.6 Å². The highest BCUT2D eigenvalue weighted by atomic mass is 35.5. The van der Waals surface area contributed by atoms with Crippen LogP contribution in [0.25, 0.3) is 0 Å². The Kier molecular flexibility index (Phi) is 6.98. The van der Waals surface area contributed by atoms with Gasteiger partial charge in [-0.2, -0.15) is 0 Å². The molecule has 0 fully saturated rings. The van der Waals surface area contributed by atoms with Crippen molar-refractivity contribution in [1.29, 1.82) is 0 Å². The summed E-state index contributed by atoms with van der Waals surface area (Å²) in [7, 11) is 1.66. The van der Waals surface area contributed by atoms with E-state index >= 15 is 0 Å². The molecule has 3 aromatic carbocycles. The molecule has 5 nitrogen and oxygen atoms in total. The van der Waals surface area contributed by atoms with E-state index in [-0.39, 0.29) is 11.9 Å². The molecule has 0 radical (unpaired) electrons. The van der Waals surface area contributed by atoms with Crippen molar-refractivity contribution in [2.45, 2.75) is 13.5 Å². The lowest BCUT2D eigenvalue weighted by Gasteiger charge is -2.20. The lowest BCUT2D eigenvalue weighted by atomic mass is 10.1. The van der Waals surface area contributed by atoms with Crippen molar-refractivity contribution in [2.24, 2.45) is 0 Å². The van der Waals surface area contributed by atoms with Crippen molar-refractivity contribution in [3.63, 3.8) is 0 Å². The number of nitrogens with one attached hydrogen (secondary N) is 2. The zero-order valence-corrected chi connectivity index (χ0v) is 18.1. The zero-order valence-electron chi connectivity index (χ0n) is 16.6. The van der Waals surface area contributed by atoms with Gasteiger partial charge in [0.2, 0.25) is 0 Å². The van der Waals surface area contributed by atoms with Crippen LogP contribution >= 0.6 is 23.2 Å². The van der Waals surface area contributed by atoms with Gasteiger partial charge in [0.15, 0.2) is 0 Å². The Balaban J connectivity index is 1.71. The molecule has 3 amide bonds. The summed E-state index contributed by atoms with van der Waals surface area (Å²) in [5.74, 6) is -0.254. The molecule has 3 rings (SSSR count). The summed E-state index contributed by atoms with van der Waals surface area (Å²) in [6, 6.07) is 19.3. The molecule has 154 valence electrons. The molecule has 0 aromatic heterocycles. The third-order valence-corrected chi connectivity index (χ3v) is 5.42. The molecular weight excluding hydrogens is 421 g/mol. The fourth-order valence-electron chi connectivity index (χ4n) is 2.83. The molecular formula is C23H21Cl2N3O2. The maximum atomic E-state index is 12.7. The van der Waals surface area contributed by atoms with Crippen LogP contribution in [-0.2, 0) is 6.54 Å². The van der Waals surface area contributed by atoms with E-state index in [9.17, 15) is 9.59 Å². The van der Waals surface area contributed by atoms with Crippen LogP contribution in [0.3, 0.4) is 0 Å². The third kappa shape index (κ3) is 5.32. The molecule has 0 spiro atoms. The molecule has 0 unspecified atom stereocenters. The molecule has 30 heavy (non-hydrogen) atoms. The first-order valence-corrected chi connectivity index (χ1v) is 10.0. The Hall–Kier alpha value is -3.02. The van der Waals surface area contributed by atoms with Crippen molar-refractivity contribution >= 4 is 46.5 Å². The molecule has 0 aliphatic carbocycles. The fourth-order valence-corrected chi connectivity index (χ4v) is 3.21. The minimum Gasteiger partial charge on any atom is -0.323 e. The van der Waals surface area contributed by atoms with Gasteiger partial charge >= 0.3 is 6.03 Å². The Labute approximate surface area is 185 Å². The van der Waals surface area contributed by atoms with E-state index in [1.807, 2.05) is 43.3 Å². The van der Waals surface area contributed by atoms with Gasteiger partial charge in [-0.05, 0) is 48.4 Å². The molecule has 3 aromatic rings. The smallest absolute Gasteiger partial charge is 0.321 e. The Morgan fingerprint density at radius 3 is 2.40 bits per heavy atom. The first-order chi connectivity index (χ1) is 14.3. The van der Waals surface area contributed by atoms with Gasteiger partial charge in [-0.1, -0.05) is 59.6 Å². The maximum absolute atomic E-state index is 12.7. The summed E-state index contributed by atoms with van der Waals surface area (Å²) in [6.45, 7) is 2.15. The molecule has 0 aliphatic rings. The Morgan fingerprint density at radius 1 is 0.933 bits per heavy atom. The molecule has 0 bridgehead atoms. The molecule has 0 aliphatic heterocycles. The number of carbonyl (C=O) groups is 2. The predicted octanol–water partition coefficient (Wildman–Crippen LogP) is 6.22. The summed E-state index contributed by atoms with van der Waals surface area (Å²) in [6.07, 6.45) is 0. The minimum absolute atomic E-state index is 0.254. The van der Waals surface area contributed by atoms with Crippen LogP contribution < -0.4 is 10.6 Å². The van der Waals surface area contributed by atoms with Crippen LogP contribution in [0.15, 0.2) is 66.7 Å². The SMILES string of the molecule is Cc1ccc(C(=O)Nc2ccccc2)cc1NC(=O)N(C)Cc1cccc(Cl)c1Cl. The number of para-hydroxylation sites is 1. The second-order valence-electron chi connectivity index (χ2n) is 6.85. The fraction of sp³-hybridized carbons (Fsp3) is 0.130. The lowest BCUT2D eigenvalue weighted by Crippen LogP contribution is -2.31.